The first-order valence-corrected chi connectivity index (χ1v) is 6.33. The fraction of sp³-hybridized carbons (Fsp3) is 0.143. The molecule has 0 saturated heterocycles. The number of carbonyl (C=O) groups excluding carboxylic acids is 1. The van der Waals surface area contributed by atoms with Crippen LogP contribution >= 0.6 is 11.6 Å². The molecule has 0 spiro atoms. The van der Waals surface area contributed by atoms with Gasteiger partial charge in [0.25, 0.3) is 5.91 Å². The lowest BCUT2D eigenvalue weighted by Gasteiger charge is -2.06. The zero-order valence-electron chi connectivity index (χ0n) is 10.5. The molecule has 2 rings (SSSR count). The number of carbonyl (C=O) groups is 1. The Labute approximate surface area is 116 Å². The number of anilines is 2. The van der Waals surface area contributed by atoms with E-state index >= 15 is 0 Å². The number of aromatic nitrogens is 1. The minimum Gasteiger partial charge on any atom is -0.370 e. The predicted octanol–water partition coefficient (Wildman–Crippen LogP) is 3.42. The molecule has 0 atom stereocenters. The van der Waals surface area contributed by atoms with Gasteiger partial charge in [0.05, 0.1) is 5.56 Å². The molecule has 1 aromatic carbocycles. The first kappa shape index (κ1) is 13.4. The van der Waals surface area contributed by atoms with Gasteiger partial charge in [-0.1, -0.05) is 17.7 Å². The Hall–Kier alpha value is -2.07. The van der Waals surface area contributed by atoms with Gasteiger partial charge in [-0.3, -0.25) is 4.79 Å². The lowest BCUT2D eigenvalue weighted by molar-refractivity contribution is 0.102. The van der Waals surface area contributed by atoms with Crippen molar-refractivity contribution in [2.75, 3.05) is 17.2 Å². The van der Waals surface area contributed by atoms with Crippen molar-refractivity contribution in [3.8, 4) is 0 Å². The molecule has 98 valence electrons. The summed E-state index contributed by atoms with van der Waals surface area (Å²) < 4.78 is 0. The van der Waals surface area contributed by atoms with Crippen molar-refractivity contribution in [2.45, 2.75) is 6.92 Å². The monoisotopic (exact) mass is 275 g/mol. The van der Waals surface area contributed by atoms with E-state index in [4.69, 9.17) is 11.6 Å². The third-order valence-corrected chi connectivity index (χ3v) is 2.70. The molecule has 0 radical (unpaired) electrons. The maximum absolute atomic E-state index is 12.0. The van der Waals surface area contributed by atoms with Gasteiger partial charge in [-0.25, -0.2) is 4.98 Å². The highest BCUT2D eigenvalue weighted by Crippen LogP contribution is 2.16. The molecule has 1 amide bonds. The summed E-state index contributed by atoms with van der Waals surface area (Å²) in [4.78, 5) is 16.1. The summed E-state index contributed by atoms with van der Waals surface area (Å²) in [5.41, 5.74) is 1.16. The van der Waals surface area contributed by atoms with Crippen LogP contribution in [0.25, 0.3) is 0 Å². The fourth-order valence-electron chi connectivity index (χ4n) is 1.58. The van der Waals surface area contributed by atoms with E-state index in [1.165, 1.54) is 6.20 Å². The summed E-state index contributed by atoms with van der Waals surface area (Å²) in [5, 5.41) is 6.42. The van der Waals surface area contributed by atoms with Gasteiger partial charge in [-0.05, 0) is 37.3 Å². The summed E-state index contributed by atoms with van der Waals surface area (Å²) >= 11 is 5.86. The van der Waals surface area contributed by atoms with Gasteiger partial charge in [0.2, 0.25) is 0 Å². The number of hydrogen-bond acceptors (Lipinski definition) is 3. The van der Waals surface area contributed by atoms with E-state index in [2.05, 4.69) is 15.6 Å². The van der Waals surface area contributed by atoms with Crippen LogP contribution in [0.15, 0.2) is 42.6 Å². The lowest BCUT2D eigenvalue weighted by atomic mass is 10.2. The zero-order valence-corrected chi connectivity index (χ0v) is 11.2. The zero-order chi connectivity index (χ0) is 13.7. The molecular formula is C14H14ClN3O. The molecule has 0 saturated carbocycles. The van der Waals surface area contributed by atoms with Gasteiger partial charge in [0.1, 0.15) is 5.82 Å². The van der Waals surface area contributed by atoms with Gasteiger partial charge in [-0.15, -0.1) is 0 Å². The Kier molecular flexibility index (Phi) is 4.36. The molecular weight excluding hydrogens is 262 g/mol. The van der Waals surface area contributed by atoms with Gasteiger partial charge in [0, 0.05) is 23.5 Å². The number of nitrogens with one attached hydrogen (secondary N) is 2. The van der Waals surface area contributed by atoms with Gasteiger partial charge < -0.3 is 10.6 Å². The van der Waals surface area contributed by atoms with Crippen molar-refractivity contribution in [1.82, 2.24) is 4.98 Å². The Balaban J connectivity index is 2.07. The van der Waals surface area contributed by atoms with Gasteiger partial charge in [0.15, 0.2) is 0 Å². The Bertz CT molecular complexity index is 569. The van der Waals surface area contributed by atoms with E-state index in [0.29, 0.717) is 16.3 Å². The van der Waals surface area contributed by atoms with Crippen LogP contribution in [0.5, 0.6) is 0 Å². The number of pyridine rings is 1. The topological polar surface area (TPSA) is 54.0 Å². The number of rotatable bonds is 4. The molecule has 0 aliphatic heterocycles. The van der Waals surface area contributed by atoms with Crippen LogP contribution in [0.2, 0.25) is 5.02 Å². The minimum atomic E-state index is -0.210. The molecule has 0 fully saturated rings. The maximum Gasteiger partial charge on any atom is 0.257 e. The van der Waals surface area contributed by atoms with Gasteiger partial charge in [-0.2, -0.15) is 0 Å². The smallest absolute Gasteiger partial charge is 0.257 e. The summed E-state index contributed by atoms with van der Waals surface area (Å²) in [6.07, 6.45) is 1.54. The number of benzene rings is 1. The molecule has 0 unspecified atom stereocenters. The first-order chi connectivity index (χ1) is 9.19. The molecule has 2 N–H and O–H groups in total. The van der Waals surface area contributed by atoms with E-state index in [9.17, 15) is 4.79 Å². The average molecular weight is 276 g/mol. The Morgan fingerprint density at radius 1 is 1.32 bits per heavy atom. The second-order valence-corrected chi connectivity index (χ2v) is 4.36. The molecule has 0 aliphatic rings. The molecule has 4 nitrogen and oxygen atoms in total. The van der Waals surface area contributed by atoms with E-state index in [-0.39, 0.29) is 5.91 Å². The number of halogens is 1. The maximum atomic E-state index is 12.0. The first-order valence-electron chi connectivity index (χ1n) is 5.96. The van der Waals surface area contributed by atoms with Crippen molar-refractivity contribution < 1.29 is 4.79 Å². The summed E-state index contributed by atoms with van der Waals surface area (Å²) in [7, 11) is 0. The van der Waals surface area contributed by atoms with Crippen LogP contribution in [0.3, 0.4) is 0 Å². The number of hydrogen-bond donors (Lipinski definition) is 2. The van der Waals surface area contributed by atoms with Crippen molar-refractivity contribution in [3.63, 3.8) is 0 Å². The van der Waals surface area contributed by atoms with Crippen LogP contribution < -0.4 is 10.6 Å². The molecule has 5 heteroatoms. The van der Waals surface area contributed by atoms with Crippen molar-refractivity contribution in [3.05, 3.63) is 53.2 Å². The fourth-order valence-corrected chi connectivity index (χ4v) is 1.77. The third kappa shape index (κ3) is 3.69. The highest BCUT2D eigenvalue weighted by atomic mass is 35.5. The average Bonchev–Trinajstić information content (AvgIpc) is 2.40. The quantitative estimate of drug-likeness (QED) is 0.899. The Morgan fingerprint density at radius 3 is 2.79 bits per heavy atom. The SMILES string of the molecule is CCNc1ccc(C(=O)Nc2cccc(Cl)c2)cn1. The largest absolute Gasteiger partial charge is 0.370 e. The second-order valence-electron chi connectivity index (χ2n) is 3.93. The molecule has 1 aromatic heterocycles. The van der Waals surface area contributed by atoms with Crippen LogP contribution in [-0.4, -0.2) is 17.4 Å². The van der Waals surface area contributed by atoms with E-state index in [1.807, 2.05) is 6.92 Å². The van der Waals surface area contributed by atoms with Crippen LogP contribution in [-0.2, 0) is 0 Å². The normalized spacial score (nSPS) is 10.0. The standard InChI is InChI=1S/C14H14ClN3O/c1-2-16-13-7-6-10(9-17-13)14(19)18-12-5-3-4-11(15)8-12/h3-9H,2H2,1H3,(H,16,17)(H,18,19). The van der Waals surface area contributed by atoms with Crippen LogP contribution in [0.4, 0.5) is 11.5 Å². The van der Waals surface area contributed by atoms with E-state index in [1.54, 1.807) is 36.4 Å². The molecule has 19 heavy (non-hydrogen) atoms. The predicted molar refractivity (Wildman–Crippen MR) is 77.8 cm³/mol. The summed E-state index contributed by atoms with van der Waals surface area (Å²) in [6, 6.07) is 10.5. The van der Waals surface area contributed by atoms with Crippen molar-refractivity contribution in [1.29, 1.82) is 0 Å². The third-order valence-electron chi connectivity index (χ3n) is 2.47. The molecule has 0 bridgehead atoms. The van der Waals surface area contributed by atoms with E-state index in [0.717, 1.165) is 12.4 Å². The van der Waals surface area contributed by atoms with Crippen molar-refractivity contribution >= 4 is 29.0 Å². The molecule has 1 heterocycles. The lowest BCUT2D eigenvalue weighted by Crippen LogP contribution is -2.12. The summed E-state index contributed by atoms with van der Waals surface area (Å²) in [5.74, 6) is 0.541. The molecule has 2 aromatic rings. The van der Waals surface area contributed by atoms with Crippen LogP contribution in [0.1, 0.15) is 17.3 Å². The number of nitrogens with zero attached hydrogens (tertiary/aromatic N) is 1. The highest BCUT2D eigenvalue weighted by molar-refractivity contribution is 6.30. The molecule has 0 aliphatic carbocycles. The minimum absolute atomic E-state index is 0.210. The number of amides is 1. The second kappa shape index (κ2) is 6.20. The van der Waals surface area contributed by atoms with Gasteiger partial charge >= 0.3 is 0 Å². The van der Waals surface area contributed by atoms with Crippen molar-refractivity contribution in [2.24, 2.45) is 0 Å². The summed E-state index contributed by atoms with van der Waals surface area (Å²) in [6.45, 7) is 2.78. The van der Waals surface area contributed by atoms with Crippen LogP contribution in [0, 0.1) is 0 Å². The Morgan fingerprint density at radius 2 is 2.16 bits per heavy atom. The highest BCUT2D eigenvalue weighted by Gasteiger charge is 2.06. The van der Waals surface area contributed by atoms with E-state index < -0.39 is 0 Å².